The molecule has 0 fully saturated rings. The molecule has 0 spiro atoms. The molecular weight excluding hydrogens is 375 g/mol. The van der Waals surface area contributed by atoms with Gasteiger partial charge in [0.2, 0.25) is 0 Å². The van der Waals surface area contributed by atoms with E-state index in [1.54, 1.807) is 31.4 Å². The lowest BCUT2D eigenvalue weighted by molar-refractivity contribution is -0.143. The maximum atomic E-state index is 12.5. The van der Waals surface area contributed by atoms with Gasteiger partial charge in [-0.2, -0.15) is 13.2 Å². The molecule has 148 valence electrons. The van der Waals surface area contributed by atoms with Crippen molar-refractivity contribution in [2.45, 2.75) is 12.7 Å². The molecule has 0 bridgehead atoms. The van der Waals surface area contributed by atoms with Crippen LogP contribution in [0.25, 0.3) is 6.08 Å². The summed E-state index contributed by atoms with van der Waals surface area (Å²) in [6.45, 7) is -0.200. The van der Waals surface area contributed by atoms with E-state index in [1.807, 2.05) is 0 Å². The first-order valence-electron chi connectivity index (χ1n) is 8.19. The number of methoxy groups -OCH3 is 1. The minimum atomic E-state index is -4.42. The maximum absolute atomic E-state index is 12.5. The number of nitrogens with one attached hydrogen (secondary N) is 1. The highest BCUT2D eigenvalue weighted by molar-refractivity contribution is 5.89. The summed E-state index contributed by atoms with van der Waals surface area (Å²) >= 11 is 0. The zero-order chi connectivity index (χ0) is 20.6. The number of rotatable bonds is 7. The molecule has 2 aromatic carbocycles. The fourth-order valence-corrected chi connectivity index (χ4v) is 2.13. The van der Waals surface area contributed by atoms with Gasteiger partial charge in [-0.15, -0.1) is 0 Å². The van der Waals surface area contributed by atoms with Crippen LogP contribution < -0.4 is 10.1 Å². The van der Waals surface area contributed by atoms with E-state index in [0.29, 0.717) is 11.3 Å². The Kier molecular flexibility index (Phi) is 7.20. The van der Waals surface area contributed by atoms with Crippen molar-refractivity contribution in [2.75, 3.05) is 13.7 Å². The Balaban J connectivity index is 1.75. The zero-order valence-electron chi connectivity index (χ0n) is 15.0. The first-order chi connectivity index (χ1) is 13.3. The Bertz CT molecular complexity index is 828. The van der Waals surface area contributed by atoms with Crippen molar-refractivity contribution in [2.24, 2.45) is 0 Å². The Morgan fingerprint density at radius 1 is 1.04 bits per heavy atom. The van der Waals surface area contributed by atoms with Crippen LogP contribution >= 0.6 is 0 Å². The number of carbonyl (C=O) groups is 2. The molecule has 0 unspecified atom stereocenters. The molecule has 0 aromatic heterocycles. The molecule has 0 heterocycles. The third kappa shape index (κ3) is 6.79. The van der Waals surface area contributed by atoms with Crippen LogP contribution in [-0.4, -0.2) is 25.6 Å². The van der Waals surface area contributed by atoms with Gasteiger partial charge in [0.1, 0.15) is 5.75 Å². The number of alkyl halides is 3. The van der Waals surface area contributed by atoms with E-state index in [4.69, 9.17) is 9.47 Å². The largest absolute Gasteiger partial charge is 0.497 e. The van der Waals surface area contributed by atoms with Gasteiger partial charge in [0.05, 0.1) is 12.7 Å². The summed E-state index contributed by atoms with van der Waals surface area (Å²) in [5, 5.41) is 2.60. The van der Waals surface area contributed by atoms with Crippen LogP contribution in [0.2, 0.25) is 0 Å². The standard InChI is InChI=1S/C20H18F3NO4/c1-27-17-9-4-15(5-10-17)12-24-18(25)13-28-19(26)11-6-14-2-7-16(8-3-14)20(21,22)23/h2-11H,12-13H2,1H3,(H,24,25)/b11-6+. The summed E-state index contributed by atoms with van der Waals surface area (Å²) in [6, 6.07) is 11.4. The number of halogens is 3. The van der Waals surface area contributed by atoms with Gasteiger partial charge in [0.25, 0.3) is 5.91 Å². The molecule has 0 atom stereocenters. The van der Waals surface area contributed by atoms with Crippen LogP contribution in [0.5, 0.6) is 5.75 Å². The fourth-order valence-electron chi connectivity index (χ4n) is 2.13. The number of hydrogen-bond donors (Lipinski definition) is 1. The highest BCUT2D eigenvalue weighted by Crippen LogP contribution is 2.29. The van der Waals surface area contributed by atoms with Crippen molar-refractivity contribution in [1.82, 2.24) is 5.32 Å². The van der Waals surface area contributed by atoms with Gasteiger partial charge in [-0.3, -0.25) is 4.79 Å². The quantitative estimate of drug-likeness (QED) is 0.577. The molecule has 8 heteroatoms. The van der Waals surface area contributed by atoms with Crippen LogP contribution in [0.15, 0.2) is 54.6 Å². The van der Waals surface area contributed by atoms with E-state index in [0.717, 1.165) is 23.8 Å². The highest BCUT2D eigenvalue weighted by atomic mass is 19.4. The SMILES string of the molecule is COc1ccc(CNC(=O)COC(=O)/C=C/c2ccc(C(F)(F)F)cc2)cc1. The molecule has 5 nitrogen and oxygen atoms in total. The average molecular weight is 393 g/mol. The van der Waals surface area contributed by atoms with E-state index < -0.39 is 30.2 Å². The number of hydrogen-bond acceptors (Lipinski definition) is 4. The van der Waals surface area contributed by atoms with Crippen molar-refractivity contribution in [3.8, 4) is 5.75 Å². The normalized spacial score (nSPS) is 11.3. The van der Waals surface area contributed by atoms with Gasteiger partial charge in [0, 0.05) is 12.6 Å². The van der Waals surface area contributed by atoms with Crippen molar-refractivity contribution < 1.29 is 32.2 Å². The van der Waals surface area contributed by atoms with Crippen LogP contribution in [0.4, 0.5) is 13.2 Å². The van der Waals surface area contributed by atoms with Crippen molar-refractivity contribution in [3.63, 3.8) is 0 Å². The second kappa shape index (κ2) is 9.59. The molecule has 0 aliphatic rings. The maximum Gasteiger partial charge on any atom is 0.416 e. The van der Waals surface area contributed by atoms with Gasteiger partial charge in [0.15, 0.2) is 6.61 Å². The number of amides is 1. The number of carbonyl (C=O) groups excluding carboxylic acids is 2. The zero-order valence-corrected chi connectivity index (χ0v) is 15.0. The predicted molar refractivity (Wildman–Crippen MR) is 96.3 cm³/mol. The summed E-state index contributed by atoms with van der Waals surface area (Å²) in [4.78, 5) is 23.3. The van der Waals surface area contributed by atoms with Gasteiger partial charge in [-0.1, -0.05) is 24.3 Å². The fraction of sp³-hybridized carbons (Fsp3) is 0.200. The highest BCUT2D eigenvalue weighted by Gasteiger charge is 2.29. The molecule has 0 aliphatic heterocycles. The van der Waals surface area contributed by atoms with E-state index in [1.165, 1.54) is 18.2 Å². The average Bonchev–Trinajstić information content (AvgIpc) is 2.69. The van der Waals surface area contributed by atoms with E-state index in [-0.39, 0.29) is 6.54 Å². The first-order valence-corrected chi connectivity index (χ1v) is 8.19. The molecule has 1 amide bonds. The molecule has 0 saturated heterocycles. The molecule has 1 N–H and O–H groups in total. The minimum Gasteiger partial charge on any atom is -0.497 e. The topological polar surface area (TPSA) is 64.6 Å². The number of ether oxygens (including phenoxy) is 2. The Labute approximate surface area is 159 Å². The summed E-state index contributed by atoms with van der Waals surface area (Å²) < 4.78 is 47.3. The second-order valence-corrected chi connectivity index (χ2v) is 5.69. The molecule has 0 radical (unpaired) electrons. The van der Waals surface area contributed by atoms with E-state index in [2.05, 4.69) is 5.32 Å². The van der Waals surface area contributed by atoms with Crippen LogP contribution in [0, 0.1) is 0 Å². The van der Waals surface area contributed by atoms with E-state index >= 15 is 0 Å². The summed E-state index contributed by atoms with van der Waals surface area (Å²) in [7, 11) is 1.55. The monoisotopic (exact) mass is 393 g/mol. The van der Waals surface area contributed by atoms with Crippen molar-refractivity contribution in [1.29, 1.82) is 0 Å². The minimum absolute atomic E-state index is 0.266. The van der Waals surface area contributed by atoms with E-state index in [9.17, 15) is 22.8 Å². The Morgan fingerprint density at radius 2 is 1.68 bits per heavy atom. The van der Waals surface area contributed by atoms with Crippen molar-refractivity contribution >= 4 is 18.0 Å². The number of benzene rings is 2. The first kappa shape index (κ1) is 21.0. The predicted octanol–water partition coefficient (Wildman–Crippen LogP) is 3.59. The molecule has 2 rings (SSSR count). The van der Waals surface area contributed by atoms with Gasteiger partial charge >= 0.3 is 12.1 Å². The Morgan fingerprint density at radius 3 is 2.25 bits per heavy atom. The van der Waals surface area contributed by atoms with Crippen LogP contribution in [0.3, 0.4) is 0 Å². The summed E-state index contributed by atoms with van der Waals surface area (Å²) in [5.74, 6) is -0.560. The summed E-state index contributed by atoms with van der Waals surface area (Å²) in [6.07, 6.45) is -2.07. The van der Waals surface area contributed by atoms with Crippen molar-refractivity contribution in [3.05, 3.63) is 71.3 Å². The summed E-state index contributed by atoms with van der Waals surface area (Å²) in [5.41, 5.74) is 0.470. The van der Waals surface area contributed by atoms with Gasteiger partial charge < -0.3 is 14.8 Å². The molecule has 28 heavy (non-hydrogen) atoms. The van der Waals surface area contributed by atoms with Gasteiger partial charge in [-0.05, 0) is 41.5 Å². The lowest BCUT2D eigenvalue weighted by Gasteiger charge is -2.07. The second-order valence-electron chi connectivity index (χ2n) is 5.69. The third-order valence-electron chi connectivity index (χ3n) is 3.64. The molecule has 0 aliphatic carbocycles. The third-order valence-corrected chi connectivity index (χ3v) is 3.64. The van der Waals surface area contributed by atoms with Crippen LogP contribution in [0.1, 0.15) is 16.7 Å². The smallest absolute Gasteiger partial charge is 0.416 e. The van der Waals surface area contributed by atoms with Crippen LogP contribution in [-0.2, 0) is 27.0 Å². The lowest BCUT2D eigenvalue weighted by atomic mass is 10.1. The molecule has 0 saturated carbocycles. The molecular formula is C20H18F3NO4. The Hall–Kier alpha value is -3.29. The number of esters is 1. The molecule has 2 aromatic rings. The lowest BCUT2D eigenvalue weighted by Crippen LogP contribution is -2.28. The van der Waals surface area contributed by atoms with Gasteiger partial charge in [-0.25, -0.2) is 4.79 Å².